The summed E-state index contributed by atoms with van der Waals surface area (Å²) in [4.78, 5) is 26.7. The van der Waals surface area contributed by atoms with Crippen molar-refractivity contribution in [3.63, 3.8) is 0 Å². The summed E-state index contributed by atoms with van der Waals surface area (Å²) in [5.74, 6) is -0.180. The maximum absolute atomic E-state index is 12.8. The zero-order chi connectivity index (χ0) is 18.7. The molecule has 3 aromatic rings. The summed E-state index contributed by atoms with van der Waals surface area (Å²) in [7, 11) is 0. The average Bonchev–Trinajstić information content (AvgIpc) is 2.65. The van der Waals surface area contributed by atoms with Crippen molar-refractivity contribution in [2.75, 3.05) is 13.2 Å². The molecule has 1 aromatic heterocycles. The first-order valence-corrected chi connectivity index (χ1v) is 8.56. The molecule has 5 nitrogen and oxygen atoms in total. The number of carbonyl (C=O) groups excluding carboxylic acids is 1. The van der Waals surface area contributed by atoms with Gasteiger partial charge in [-0.1, -0.05) is 30.3 Å². The van der Waals surface area contributed by atoms with Gasteiger partial charge in [-0.2, -0.15) is 0 Å². The fourth-order valence-electron chi connectivity index (χ4n) is 2.95. The minimum Gasteiger partial charge on any atom is -0.422 e. The Labute approximate surface area is 151 Å². The molecule has 0 atom stereocenters. The van der Waals surface area contributed by atoms with Gasteiger partial charge >= 0.3 is 5.63 Å². The van der Waals surface area contributed by atoms with E-state index >= 15 is 0 Å². The molecule has 0 radical (unpaired) electrons. The van der Waals surface area contributed by atoms with Gasteiger partial charge in [-0.05, 0) is 43.7 Å². The predicted octanol–water partition coefficient (Wildman–Crippen LogP) is 3.30. The lowest BCUT2D eigenvalue weighted by molar-refractivity contribution is 0.0665. The number of benzene rings is 2. The lowest BCUT2D eigenvalue weighted by atomic mass is 10.0. The van der Waals surface area contributed by atoms with Crippen LogP contribution in [0.3, 0.4) is 0 Å². The average molecular weight is 351 g/mol. The molecule has 1 amide bonds. The zero-order valence-corrected chi connectivity index (χ0v) is 14.8. The highest BCUT2D eigenvalue weighted by molar-refractivity contribution is 5.96. The van der Waals surface area contributed by atoms with Gasteiger partial charge in [-0.15, -0.1) is 0 Å². The van der Waals surface area contributed by atoms with E-state index in [9.17, 15) is 14.7 Å². The third-order valence-corrected chi connectivity index (χ3v) is 4.29. The van der Waals surface area contributed by atoms with Crippen molar-refractivity contribution in [2.45, 2.75) is 19.9 Å². The van der Waals surface area contributed by atoms with E-state index in [-0.39, 0.29) is 25.1 Å². The van der Waals surface area contributed by atoms with Gasteiger partial charge in [-0.3, -0.25) is 4.79 Å². The molecular formula is C21H21NO4. The maximum Gasteiger partial charge on any atom is 0.344 e. The lowest BCUT2D eigenvalue weighted by Gasteiger charge is -2.26. The van der Waals surface area contributed by atoms with Crippen LogP contribution in [0, 0.1) is 0 Å². The van der Waals surface area contributed by atoms with Gasteiger partial charge in [0.1, 0.15) is 5.58 Å². The fourth-order valence-corrected chi connectivity index (χ4v) is 2.95. The van der Waals surface area contributed by atoms with Crippen LogP contribution in [-0.2, 0) is 0 Å². The second kappa shape index (κ2) is 7.54. The van der Waals surface area contributed by atoms with E-state index in [1.54, 1.807) is 41.3 Å². The van der Waals surface area contributed by atoms with Crippen LogP contribution < -0.4 is 5.63 Å². The molecule has 5 heteroatoms. The Morgan fingerprint density at radius 2 is 1.88 bits per heavy atom. The monoisotopic (exact) mass is 351 g/mol. The molecule has 0 bridgehead atoms. The van der Waals surface area contributed by atoms with Crippen molar-refractivity contribution >= 4 is 16.9 Å². The summed E-state index contributed by atoms with van der Waals surface area (Å²) in [6.45, 7) is 3.96. The Morgan fingerprint density at radius 1 is 1.12 bits per heavy atom. The number of carbonyl (C=O) groups is 1. The molecule has 134 valence electrons. The molecule has 0 unspecified atom stereocenters. The number of rotatable bonds is 5. The highest BCUT2D eigenvalue weighted by Crippen LogP contribution is 2.22. The first-order valence-electron chi connectivity index (χ1n) is 8.56. The summed E-state index contributed by atoms with van der Waals surface area (Å²) in [6, 6.07) is 16.0. The molecule has 2 aromatic carbocycles. The standard InChI is InChI=1S/C21H21NO4/c1-14(2)22(10-11-23)20(24)17-8-5-7-15(12-17)18-13-16-6-3-4-9-19(16)26-21(18)25/h3-9,12-14,23H,10-11H2,1-2H3. The maximum atomic E-state index is 12.8. The van der Waals surface area contributed by atoms with Crippen molar-refractivity contribution in [3.05, 3.63) is 70.6 Å². The van der Waals surface area contributed by atoms with Gasteiger partial charge in [0.25, 0.3) is 5.91 Å². The third-order valence-electron chi connectivity index (χ3n) is 4.29. The Kier molecular flexibility index (Phi) is 5.19. The van der Waals surface area contributed by atoms with Gasteiger partial charge in [-0.25, -0.2) is 4.79 Å². The van der Waals surface area contributed by atoms with E-state index in [4.69, 9.17) is 4.42 Å². The number of nitrogens with zero attached hydrogens (tertiary/aromatic N) is 1. The molecule has 0 spiro atoms. The number of amides is 1. The summed E-state index contributed by atoms with van der Waals surface area (Å²) in [6.07, 6.45) is 0. The Bertz CT molecular complexity index is 990. The van der Waals surface area contributed by atoms with Gasteiger partial charge in [0.15, 0.2) is 0 Å². The SMILES string of the molecule is CC(C)N(CCO)C(=O)c1cccc(-c2cc3ccccc3oc2=O)c1. The number of hydrogen-bond donors (Lipinski definition) is 1. The quantitative estimate of drug-likeness (QED) is 0.716. The molecule has 3 rings (SSSR count). The van der Waals surface area contributed by atoms with Crippen LogP contribution in [0.25, 0.3) is 22.1 Å². The summed E-state index contributed by atoms with van der Waals surface area (Å²) < 4.78 is 5.39. The van der Waals surface area contributed by atoms with Crippen LogP contribution in [0.4, 0.5) is 0 Å². The predicted molar refractivity (Wildman–Crippen MR) is 101 cm³/mol. The van der Waals surface area contributed by atoms with Gasteiger partial charge < -0.3 is 14.4 Å². The van der Waals surface area contributed by atoms with Crippen molar-refractivity contribution in [3.8, 4) is 11.1 Å². The third kappa shape index (κ3) is 3.53. The number of hydrogen-bond acceptors (Lipinski definition) is 4. The van der Waals surface area contributed by atoms with E-state index in [1.165, 1.54) is 0 Å². The first-order chi connectivity index (χ1) is 12.5. The highest BCUT2D eigenvalue weighted by Gasteiger charge is 2.19. The van der Waals surface area contributed by atoms with Crippen molar-refractivity contribution in [1.29, 1.82) is 0 Å². The molecule has 0 fully saturated rings. The smallest absolute Gasteiger partial charge is 0.344 e. The van der Waals surface area contributed by atoms with E-state index in [0.29, 0.717) is 22.3 Å². The summed E-state index contributed by atoms with van der Waals surface area (Å²) in [5, 5.41) is 10.0. The van der Waals surface area contributed by atoms with Crippen LogP contribution in [0.15, 0.2) is 63.8 Å². The fraction of sp³-hybridized carbons (Fsp3) is 0.238. The van der Waals surface area contributed by atoms with E-state index < -0.39 is 5.63 Å². The van der Waals surface area contributed by atoms with Crippen LogP contribution >= 0.6 is 0 Å². The van der Waals surface area contributed by atoms with Crippen LogP contribution in [0.5, 0.6) is 0 Å². The zero-order valence-electron chi connectivity index (χ0n) is 14.8. The van der Waals surface area contributed by atoms with Gasteiger partial charge in [0.2, 0.25) is 0 Å². The van der Waals surface area contributed by atoms with E-state index in [2.05, 4.69) is 0 Å². The molecule has 0 aliphatic carbocycles. The first kappa shape index (κ1) is 17.9. The lowest BCUT2D eigenvalue weighted by Crippen LogP contribution is -2.39. The van der Waals surface area contributed by atoms with Crippen molar-refractivity contribution in [2.24, 2.45) is 0 Å². The Balaban J connectivity index is 2.03. The minimum absolute atomic E-state index is 0.0379. The normalized spacial score (nSPS) is 11.1. The number of fused-ring (bicyclic) bond motifs is 1. The van der Waals surface area contributed by atoms with Crippen LogP contribution in [0.2, 0.25) is 0 Å². The van der Waals surface area contributed by atoms with Crippen LogP contribution in [0.1, 0.15) is 24.2 Å². The molecular weight excluding hydrogens is 330 g/mol. The number of aliphatic hydroxyl groups is 1. The summed E-state index contributed by atoms with van der Waals surface area (Å²) >= 11 is 0. The van der Waals surface area contributed by atoms with E-state index in [0.717, 1.165) is 5.39 Å². The molecule has 26 heavy (non-hydrogen) atoms. The Morgan fingerprint density at radius 3 is 2.62 bits per heavy atom. The number of aliphatic hydroxyl groups excluding tert-OH is 1. The second-order valence-corrected chi connectivity index (χ2v) is 6.38. The molecule has 0 aliphatic rings. The van der Waals surface area contributed by atoms with Crippen LogP contribution in [-0.4, -0.2) is 35.1 Å². The van der Waals surface area contributed by atoms with E-state index in [1.807, 2.05) is 32.0 Å². The largest absolute Gasteiger partial charge is 0.422 e. The summed E-state index contributed by atoms with van der Waals surface area (Å²) in [5.41, 5.74) is 1.60. The topological polar surface area (TPSA) is 70.8 Å². The van der Waals surface area contributed by atoms with Crippen molar-refractivity contribution in [1.82, 2.24) is 4.90 Å². The van der Waals surface area contributed by atoms with Gasteiger partial charge in [0.05, 0.1) is 12.2 Å². The van der Waals surface area contributed by atoms with Crippen molar-refractivity contribution < 1.29 is 14.3 Å². The molecule has 0 saturated carbocycles. The minimum atomic E-state index is -0.440. The molecule has 0 aliphatic heterocycles. The van der Waals surface area contributed by atoms with Gasteiger partial charge in [0, 0.05) is 23.5 Å². The number of para-hydroxylation sites is 1. The Hall–Kier alpha value is -2.92. The molecule has 1 N–H and O–H groups in total. The highest BCUT2D eigenvalue weighted by atomic mass is 16.4. The second-order valence-electron chi connectivity index (χ2n) is 6.38. The molecule has 0 saturated heterocycles. The molecule has 1 heterocycles.